The number of aryl methyl sites for hydroxylation is 1. The number of benzene rings is 1. The molecule has 0 unspecified atom stereocenters. The van der Waals surface area contributed by atoms with E-state index in [1.807, 2.05) is 23.1 Å². The van der Waals surface area contributed by atoms with Gasteiger partial charge in [0.25, 0.3) is 0 Å². The summed E-state index contributed by atoms with van der Waals surface area (Å²) < 4.78 is 11.5. The van der Waals surface area contributed by atoms with Crippen LogP contribution in [0.15, 0.2) is 40.8 Å². The first-order chi connectivity index (χ1) is 14.5. The number of hydrogen-bond acceptors (Lipinski definition) is 6. The third-order valence-corrected chi connectivity index (χ3v) is 6.90. The molecule has 0 spiro atoms. The first kappa shape index (κ1) is 20.6. The number of esters is 1. The lowest BCUT2D eigenvalue weighted by Gasteiger charge is -2.21. The van der Waals surface area contributed by atoms with Crippen LogP contribution in [0.2, 0.25) is 0 Å². The fourth-order valence-electron chi connectivity index (χ4n) is 3.91. The second-order valence-electron chi connectivity index (χ2n) is 7.59. The number of amides is 1. The van der Waals surface area contributed by atoms with Crippen molar-refractivity contribution in [1.82, 2.24) is 9.80 Å². The summed E-state index contributed by atoms with van der Waals surface area (Å²) in [6.45, 7) is 5.87. The van der Waals surface area contributed by atoms with Crippen molar-refractivity contribution in [3.63, 3.8) is 0 Å². The van der Waals surface area contributed by atoms with Crippen LogP contribution in [-0.4, -0.2) is 55.0 Å². The highest BCUT2D eigenvalue weighted by atomic mass is 32.1. The van der Waals surface area contributed by atoms with Crippen LogP contribution in [0.3, 0.4) is 0 Å². The van der Waals surface area contributed by atoms with Crippen LogP contribution in [0, 0.1) is 6.92 Å². The molecule has 3 aromatic rings. The van der Waals surface area contributed by atoms with Crippen LogP contribution >= 0.6 is 11.3 Å². The standard InChI is InChI=1S/C23H26N2O4S/c1-16-18-6-3-4-7-20(18)30-21(16)14-22(26)25-11-5-10-24(12-13-25)15-17-8-9-19(29-17)23(27)28-2/h3-4,6-9H,5,10-15H2,1-2H3. The molecule has 1 aromatic carbocycles. The normalized spacial score (nSPS) is 15.3. The second-order valence-corrected chi connectivity index (χ2v) is 8.73. The van der Waals surface area contributed by atoms with Crippen molar-refractivity contribution in [2.24, 2.45) is 0 Å². The molecule has 0 aliphatic carbocycles. The van der Waals surface area contributed by atoms with Crippen molar-refractivity contribution in [2.45, 2.75) is 26.3 Å². The summed E-state index contributed by atoms with van der Waals surface area (Å²) in [6.07, 6.45) is 1.38. The number of carbonyl (C=O) groups excluding carboxylic acids is 2. The van der Waals surface area contributed by atoms with Crippen LogP contribution in [0.5, 0.6) is 0 Å². The Bertz CT molecular complexity index is 1050. The maximum atomic E-state index is 13.0. The fourth-order valence-corrected chi connectivity index (χ4v) is 5.12. The number of fused-ring (bicyclic) bond motifs is 1. The van der Waals surface area contributed by atoms with Gasteiger partial charge in [-0.05, 0) is 42.5 Å². The average Bonchev–Trinajstić information content (AvgIpc) is 3.25. The first-order valence-corrected chi connectivity index (χ1v) is 11.0. The Morgan fingerprint density at radius 2 is 1.93 bits per heavy atom. The van der Waals surface area contributed by atoms with E-state index in [0.717, 1.165) is 36.7 Å². The van der Waals surface area contributed by atoms with Gasteiger partial charge in [0.1, 0.15) is 5.76 Å². The summed E-state index contributed by atoms with van der Waals surface area (Å²) in [5.41, 5.74) is 1.22. The summed E-state index contributed by atoms with van der Waals surface area (Å²) in [5.74, 6) is 0.678. The van der Waals surface area contributed by atoms with E-state index in [-0.39, 0.29) is 11.7 Å². The second kappa shape index (κ2) is 9.02. The molecule has 0 N–H and O–H groups in total. The molecule has 1 aliphatic heterocycles. The van der Waals surface area contributed by atoms with Crippen LogP contribution in [-0.2, 0) is 22.5 Å². The molecular weight excluding hydrogens is 400 g/mol. The van der Waals surface area contributed by atoms with Gasteiger partial charge in [0.2, 0.25) is 11.7 Å². The van der Waals surface area contributed by atoms with E-state index in [9.17, 15) is 9.59 Å². The topological polar surface area (TPSA) is 63.0 Å². The van der Waals surface area contributed by atoms with Crippen molar-refractivity contribution >= 4 is 33.3 Å². The predicted octanol–water partition coefficient (Wildman–Crippen LogP) is 3.87. The lowest BCUT2D eigenvalue weighted by Crippen LogP contribution is -2.36. The Morgan fingerprint density at radius 1 is 1.10 bits per heavy atom. The molecule has 1 saturated heterocycles. The molecule has 2 aromatic heterocycles. The third-order valence-electron chi connectivity index (χ3n) is 5.62. The molecule has 30 heavy (non-hydrogen) atoms. The van der Waals surface area contributed by atoms with Crippen molar-refractivity contribution in [2.75, 3.05) is 33.3 Å². The number of thiophene rings is 1. The van der Waals surface area contributed by atoms with Gasteiger partial charge in [-0.3, -0.25) is 9.69 Å². The quantitative estimate of drug-likeness (QED) is 0.580. The molecule has 3 heterocycles. The van der Waals surface area contributed by atoms with E-state index in [1.165, 1.54) is 22.8 Å². The Hall–Kier alpha value is -2.64. The number of furan rings is 1. The van der Waals surface area contributed by atoms with E-state index >= 15 is 0 Å². The largest absolute Gasteiger partial charge is 0.463 e. The summed E-state index contributed by atoms with van der Waals surface area (Å²) in [6, 6.07) is 11.8. The molecule has 7 heteroatoms. The monoisotopic (exact) mass is 426 g/mol. The molecule has 0 radical (unpaired) electrons. The van der Waals surface area contributed by atoms with E-state index in [1.54, 1.807) is 17.4 Å². The van der Waals surface area contributed by atoms with Crippen molar-refractivity contribution in [3.8, 4) is 0 Å². The minimum atomic E-state index is -0.467. The highest BCUT2D eigenvalue weighted by Gasteiger charge is 2.22. The highest BCUT2D eigenvalue weighted by Crippen LogP contribution is 2.31. The summed E-state index contributed by atoms with van der Waals surface area (Å²) in [7, 11) is 1.34. The minimum absolute atomic E-state index is 0.192. The lowest BCUT2D eigenvalue weighted by molar-refractivity contribution is -0.130. The van der Waals surface area contributed by atoms with Gasteiger partial charge in [-0.15, -0.1) is 11.3 Å². The van der Waals surface area contributed by atoms with Gasteiger partial charge >= 0.3 is 5.97 Å². The van der Waals surface area contributed by atoms with Gasteiger partial charge in [-0.25, -0.2) is 4.79 Å². The van der Waals surface area contributed by atoms with Gasteiger partial charge < -0.3 is 14.1 Å². The number of nitrogens with zero attached hydrogens (tertiary/aromatic N) is 2. The van der Waals surface area contributed by atoms with Crippen molar-refractivity contribution < 1.29 is 18.7 Å². The number of ether oxygens (including phenoxy) is 1. The zero-order valence-corrected chi connectivity index (χ0v) is 18.2. The molecule has 158 valence electrons. The van der Waals surface area contributed by atoms with Crippen LogP contribution < -0.4 is 0 Å². The Labute approximate surface area is 180 Å². The van der Waals surface area contributed by atoms with E-state index in [2.05, 4.69) is 28.7 Å². The molecule has 0 atom stereocenters. The number of hydrogen-bond donors (Lipinski definition) is 0. The number of carbonyl (C=O) groups is 2. The van der Waals surface area contributed by atoms with Crippen LogP contribution in [0.4, 0.5) is 0 Å². The van der Waals surface area contributed by atoms with E-state index in [0.29, 0.717) is 19.5 Å². The first-order valence-electron chi connectivity index (χ1n) is 10.2. The van der Waals surface area contributed by atoms with Gasteiger partial charge in [0.15, 0.2) is 0 Å². The van der Waals surface area contributed by atoms with Crippen LogP contribution in [0.25, 0.3) is 10.1 Å². The summed E-state index contributed by atoms with van der Waals surface area (Å²) in [5, 5.41) is 1.25. The van der Waals surface area contributed by atoms with Gasteiger partial charge in [0, 0.05) is 35.8 Å². The molecular formula is C23H26N2O4S. The molecule has 6 nitrogen and oxygen atoms in total. The minimum Gasteiger partial charge on any atom is -0.463 e. The van der Waals surface area contributed by atoms with Crippen LogP contribution in [0.1, 0.15) is 33.2 Å². The van der Waals surface area contributed by atoms with Crippen molar-refractivity contribution in [1.29, 1.82) is 0 Å². The zero-order valence-electron chi connectivity index (χ0n) is 17.3. The Balaban J connectivity index is 1.35. The molecule has 1 aliphatic rings. The number of rotatable bonds is 5. The maximum absolute atomic E-state index is 13.0. The smallest absolute Gasteiger partial charge is 0.373 e. The van der Waals surface area contributed by atoms with E-state index < -0.39 is 5.97 Å². The predicted molar refractivity (Wildman–Crippen MR) is 117 cm³/mol. The average molecular weight is 427 g/mol. The Morgan fingerprint density at radius 3 is 2.73 bits per heavy atom. The highest BCUT2D eigenvalue weighted by molar-refractivity contribution is 7.19. The molecule has 1 amide bonds. The lowest BCUT2D eigenvalue weighted by atomic mass is 10.1. The third kappa shape index (κ3) is 4.42. The summed E-state index contributed by atoms with van der Waals surface area (Å²) >= 11 is 1.72. The molecule has 0 saturated carbocycles. The maximum Gasteiger partial charge on any atom is 0.373 e. The zero-order chi connectivity index (χ0) is 21.1. The summed E-state index contributed by atoms with van der Waals surface area (Å²) in [4.78, 5) is 29.9. The SMILES string of the molecule is COC(=O)c1ccc(CN2CCCN(C(=O)Cc3sc4ccccc4c3C)CC2)o1. The van der Waals surface area contributed by atoms with Crippen molar-refractivity contribution in [3.05, 3.63) is 58.4 Å². The fraction of sp³-hybridized carbons (Fsp3) is 0.391. The molecule has 4 rings (SSSR count). The molecule has 0 bridgehead atoms. The Kier molecular flexibility index (Phi) is 6.20. The van der Waals surface area contributed by atoms with Gasteiger partial charge in [-0.1, -0.05) is 18.2 Å². The number of methoxy groups -OCH3 is 1. The van der Waals surface area contributed by atoms with E-state index in [4.69, 9.17) is 4.42 Å². The molecule has 1 fully saturated rings. The van der Waals surface area contributed by atoms with Gasteiger partial charge in [0.05, 0.1) is 20.1 Å². The van der Waals surface area contributed by atoms with Gasteiger partial charge in [-0.2, -0.15) is 0 Å².